The monoisotopic (exact) mass is 280 g/mol. The van der Waals surface area contributed by atoms with Crippen molar-refractivity contribution in [1.29, 1.82) is 0 Å². The third-order valence-corrected chi connectivity index (χ3v) is 3.01. The van der Waals surface area contributed by atoms with E-state index in [1.807, 2.05) is 32.0 Å². The van der Waals surface area contributed by atoms with Gasteiger partial charge in [0.1, 0.15) is 6.61 Å². The fourth-order valence-electron chi connectivity index (χ4n) is 1.89. The van der Waals surface area contributed by atoms with Crippen molar-refractivity contribution in [2.24, 2.45) is 0 Å². The molecule has 0 saturated carbocycles. The Morgan fingerprint density at radius 2 is 2.14 bits per heavy atom. The Bertz CT molecular complexity index is 727. The molecule has 2 N–H and O–H groups in total. The van der Waals surface area contributed by atoms with E-state index in [1.165, 1.54) is 6.20 Å². The molecule has 1 aromatic heterocycles. The van der Waals surface area contributed by atoms with Crippen molar-refractivity contribution in [1.82, 2.24) is 4.98 Å². The van der Waals surface area contributed by atoms with Crippen molar-refractivity contribution in [3.8, 4) is 11.8 Å². The Morgan fingerprint density at radius 1 is 1.33 bits per heavy atom. The molecule has 0 atom stereocenters. The molecule has 1 aromatic carbocycles. The first-order chi connectivity index (χ1) is 10.1. The minimum Gasteiger partial charge on any atom is -0.384 e. The van der Waals surface area contributed by atoms with E-state index >= 15 is 0 Å². The van der Waals surface area contributed by atoms with Crippen molar-refractivity contribution in [2.45, 2.75) is 13.8 Å². The van der Waals surface area contributed by atoms with Gasteiger partial charge in [-0.1, -0.05) is 24.0 Å². The number of aryl methyl sites for hydroxylation is 2. The van der Waals surface area contributed by atoms with Gasteiger partial charge in [-0.15, -0.1) is 0 Å². The topological polar surface area (TPSA) is 62.2 Å². The third-order valence-electron chi connectivity index (χ3n) is 3.01. The first kappa shape index (κ1) is 14.8. The fourth-order valence-corrected chi connectivity index (χ4v) is 1.89. The van der Waals surface area contributed by atoms with E-state index in [0.717, 1.165) is 16.8 Å². The number of rotatable bonds is 2. The maximum absolute atomic E-state index is 12.4. The Balaban J connectivity index is 2.31. The molecule has 1 heterocycles. The van der Waals surface area contributed by atoms with Gasteiger partial charge < -0.3 is 10.4 Å². The standard InChI is InChI=1S/C17H16N2O2/c1-12-5-6-13(2)16(10-12)19-17(21)15-7-8-18-11-14(15)4-3-9-20/h5-8,10-11,20H,9H2,1-2H3,(H,19,21). The zero-order chi connectivity index (χ0) is 15.2. The molecule has 21 heavy (non-hydrogen) atoms. The molecule has 0 bridgehead atoms. The first-order valence-corrected chi connectivity index (χ1v) is 6.54. The Kier molecular flexibility index (Phi) is 4.70. The van der Waals surface area contributed by atoms with E-state index < -0.39 is 0 Å². The van der Waals surface area contributed by atoms with Crippen LogP contribution in [0.2, 0.25) is 0 Å². The number of hydrogen-bond donors (Lipinski definition) is 2. The van der Waals surface area contributed by atoms with Gasteiger partial charge in [-0.3, -0.25) is 9.78 Å². The smallest absolute Gasteiger partial charge is 0.257 e. The zero-order valence-electron chi connectivity index (χ0n) is 12.0. The average molecular weight is 280 g/mol. The normalized spacial score (nSPS) is 9.67. The van der Waals surface area contributed by atoms with E-state index in [9.17, 15) is 4.79 Å². The molecule has 0 fully saturated rings. The summed E-state index contributed by atoms with van der Waals surface area (Å²) in [5.41, 5.74) is 3.77. The lowest BCUT2D eigenvalue weighted by Gasteiger charge is -2.10. The van der Waals surface area contributed by atoms with E-state index in [-0.39, 0.29) is 12.5 Å². The number of hydrogen-bond acceptors (Lipinski definition) is 3. The molecule has 2 aromatic rings. The molecule has 1 amide bonds. The SMILES string of the molecule is Cc1ccc(C)c(NC(=O)c2ccncc2C#CCO)c1. The third kappa shape index (κ3) is 3.68. The molecule has 0 aliphatic heterocycles. The number of aliphatic hydroxyl groups excluding tert-OH is 1. The van der Waals surface area contributed by atoms with Gasteiger partial charge in [0.25, 0.3) is 5.91 Å². The van der Waals surface area contributed by atoms with Crippen LogP contribution in [0.5, 0.6) is 0 Å². The predicted molar refractivity (Wildman–Crippen MR) is 82.1 cm³/mol. The Labute approximate surface area is 123 Å². The fraction of sp³-hybridized carbons (Fsp3) is 0.176. The van der Waals surface area contributed by atoms with Gasteiger partial charge in [-0.25, -0.2) is 0 Å². The van der Waals surface area contributed by atoms with Gasteiger partial charge in [0.05, 0.1) is 11.1 Å². The minimum absolute atomic E-state index is 0.242. The van der Waals surface area contributed by atoms with Gasteiger partial charge in [-0.05, 0) is 37.1 Å². The number of nitrogens with one attached hydrogen (secondary N) is 1. The number of nitrogens with zero attached hydrogens (tertiary/aromatic N) is 1. The molecule has 0 radical (unpaired) electrons. The van der Waals surface area contributed by atoms with E-state index in [4.69, 9.17) is 5.11 Å². The highest BCUT2D eigenvalue weighted by Gasteiger charge is 2.11. The summed E-state index contributed by atoms with van der Waals surface area (Å²) >= 11 is 0. The number of carbonyl (C=O) groups excluding carboxylic acids is 1. The largest absolute Gasteiger partial charge is 0.384 e. The van der Waals surface area contributed by atoms with E-state index in [1.54, 1.807) is 12.3 Å². The van der Waals surface area contributed by atoms with Crippen molar-refractivity contribution in [3.05, 3.63) is 58.9 Å². The van der Waals surface area contributed by atoms with Crippen molar-refractivity contribution < 1.29 is 9.90 Å². The summed E-state index contributed by atoms with van der Waals surface area (Å²) in [5, 5.41) is 11.7. The second-order valence-electron chi connectivity index (χ2n) is 4.65. The second kappa shape index (κ2) is 6.69. The lowest BCUT2D eigenvalue weighted by molar-refractivity contribution is 0.102. The van der Waals surface area contributed by atoms with Crippen LogP contribution in [-0.4, -0.2) is 22.6 Å². The van der Waals surface area contributed by atoms with Crippen LogP contribution in [0.15, 0.2) is 36.7 Å². The van der Waals surface area contributed by atoms with Crippen LogP contribution < -0.4 is 5.32 Å². The molecule has 4 heteroatoms. The highest BCUT2D eigenvalue weighted by Crippen LogP contribution is 2.18. The van der Waals surface area contributed by atoms with Gasteiger partial charge in [0, 0.05) is 18.1 Å². The first-order valence-electron chi connectivity index (χ1n) is 6.54. The molecule has 0 aliphatic rings. The van der Waals surface area contributed by atoms with Gasteiger partial charge in [-0.2, -0.15) is 0 Å². The summed E-state index contributed by atoms with van der Waals surface area (Å²) in [6.45, 7) is 3.65. The van der Waals surface area contributed by atoms with Crippen LogP contribution >= 0.6 is 0 Å². The lowest BCUT2D eigenvalue weighted by Crippen LogP contribution is -2.14. The lowest BCUT2D eigenvalue weighted by atomic mass is 10.1. The van der Waals surface area contributed by atoms with Crippen LogP contribution in [0.1, 0.15) is 27.0 Å². The Morgan fingerprint density at radius 3 is 2.90 bits per heavy atom. The van der Waals surface area contributed by atoms with Crippen molar-refractivity contribution in [2.75, 3.05) is 11.9 Å². The molecule has 0 saturated heterocycles. The molecule has 0 unspecified atom stereocenters. The number of aliphatic hydroxyl groups is 1. The molecule has 106 valence electrons. The quantitative estimate of drug-likeness (QED) is 0.830. The van der Waals surface area contributed by atoms with Crippen molar-refractivity contribution in [3.63, 3.8) is 0 Å². The van der Waals surface area contributed by atoms with Gasteiger partial charge in [0.2, 0.25) is 0 Å². The summed E-state index contributed by atoms with van der Waals surface area (Å²) < 4.78 is 0. The van der Waals surface area contributed by atoms with Crippen LogP contribution in [0.4, 0.5) is 5.69 Å². The van der Waals surface area contributed by atoms with Crippen molar-refractivity contribution >= 4 is 11.6 Å². The van der Waals surface area contributed by atoms with Crippen LogP contribution in [0, 0.1) is 25.7 Å². The molecule has 4 nitrogen and oxygen atoms in total. The number of aromatic nitrogens is 1. The number of carbonyl (C=O) groups is 1. The van der Waals surface area contributed by atoms with E-state index in [0.29, 0.717) is 11.1 Å². The summed E-state index contributed by atoms with van der Waals surface area (Å²) in [6.07, 6.45) is 3.06. The summed E-state index contributed by atoms with van der Waals surface area (Å²) in [4.78, 5) is 16.3. The minimum atomic E-state index is -0.257. The summed E-state index contributed by atoms with van der Waals surface area (Å²) in [5.74, 6) is 5.02. The number of anilines is 1. The zero-order valence-corrected chi connectivity index (χ0v) is 12.0. The van der Waals surface area contributed by atoms with Crippen LogP contribution in [-0.2, 0) is 0 Å². The number of benzene rings is 1. The van der Waals surface area contributed by atoms with Crippen LogP contribution in [0.3, 0.4) is 0 Å². The molecule has 0 spiro atoms. The molecule has 0 aliphatic carbocycles. The van der Waals surface area contributed by atoms with Gasteiger partial charge in [0.15, 0.2) is 0 Å². The average Bonchev–Trinajstić information content (AvgIpc) is 2.49. The maximum atomic E-state index is 12.4. The summed E-state index contributed by atoms with van der Waals surface area (Å²) in [6, 6.07) is 7.49. The summed E-state index contributed by atoms with van der Waals surface area (Å²) in [7, 11) is 0. The van der Waals surface area contributed by atoms with Crippen LogP contribution in [0.25, 0.3) is 0 Å². The maximum Gasteiger partial charge on any atom is 0.257 e. The molecular formula is C17H16N2O2. The highest BCUT2D eigenvalue weighted by atomic mass is 16.2. The number of pyridine rings is 1. The van der Waals surface area contributed by atoms with Gasteiger partial charge >= 0.3 is 0 Å². The van der Waals surface area contributed by atoms with E-state index in [2.05, 4.69) is 22.1 Å². The second-order valence-corrected chi connectivity index (χ2v) is 4.65. The Hall–Kier alpha value is -2.64. The number of amides is 1. The predicted octanol–water partition coefficient (Wildman–Crippen LogP) is 2.29. The highest BCUT2D eigenvalue weighted by molar-refractivity contribution is 6.06. The molecule has 2 rings (SSSR count). The molecular weight excluding hydrogens is 264 g/mol.